The normalized spacial score (nSPS) is 31.5. The molecule has 0 saturated carbocycles. The van der Waals surface area contributed by atoms with E-state index in [0.717, 1.165) is 12.0 Å². The lowest BCUT2D eigenvalue weighted by atomic mass is 9.76. The highest BCUT2D eigenvalue weighted by atomic mass is 16.7. The van der Waals surface area contributed by atoms with Crippen LogP contribution in [0, 0.1) is 5.41 Å². The van der Waals surface area contributed by atoms with Gasteiger partial charge in [0.2, 0.25) is 0 Å². The SMILES string of the molecule is CC/C=C(\C)[C@]1(C)[C@@H](OC)O[C@H](CO)[C@@H]1OCc1ccccc1. The third-order valence-corrected chi connectivity index (χ3v) is 4.74. The lowest BCUT2D eigenvalue weighted by molar-refractivity contribution is -0.151. The number of aliphatic hydroxyl groups excluding tert-OH is 1. The molecule has 1 heterocycles. The Kier molecular flexibility index (Phi) is 6.36. The minimum Gasteiger partial charge on any atom is -0.394 e. The minimum absolute atomic E-state index is 0.0890. The molecule has 4 atom stereocenters. The lowest BCUT2D eigenvalue weighted by Gasteiger charge is -2.35. The molecule has 1 aromatic carbocycles. The van der Waals surface area contributed by atoms with E-state index >= 15 is 0 Å². The summed E-state index contributed by atoms with van der Waals surface area (Å²) in [5.41, 5.74) is 1.85. The van der Waals surface area contributed by atoms with Crippen molar-refractivity contribution in [3.63, 3.8) is 0 Å². The zero-order valence-corrected chi connectivity index (χ0v) is 14.5. The topological polar surface area (TPSA) is 47.9 Å². The van der Waals surface area contributed by atoms with E-state index in [1.807, 2.05) is 30.3 Å². The molecule has 1 saturated heterocycles. The van der Waals surface area contributed by atoms with Gasteiger partial charge in [-0.2, -0.15) is 0 Å². The van der Waals surface area contributed by atoms with Gasteiger partial charge in [0, 0.05) is 7.11 Å². The lowest BCUT2D eigenvalue weighted by Crippen LogP contribution is -2.43. The monoisotopic (exact) mass is 320 g/mol. The van der Waals surface area contributed by atoms with E-state index in [2.05, 4.69) is 26.8 Å². The molecule has 0 bridgehead atoms. The summed E-state index contributed by atoms with van der Waals surface area (Å²) in [6.07, 6.45) is 2.03. The van der Waals surface area contributed by atoms with Crippen molar-refractivity contribution in [3.8, 4) is 0 Å². The largest absolute Gasteiger partial charge is 0.394 e. The molecule has 0 aromatic heterocycles. The first kappa shape index (κ1) is 18.1. The molecule has 128 valence electrons. The maximum Gasteiger partial charge on any atom is 0.169 e. The molecule has 0 aliphatic carbocycles. The number of allylic oxidation sites excluding steroid dienone is 1. The molecule has 1 aromatic rings. The molecule has 0 spiro atoms. The van der Waals surface area contributed by atoms with Crippen molar-refractivity contribution in [1.82, 2.24) is 0 Å². The van der Waals surface area contributed by atoms with Crippen molar-refractivity contribution in [2.24, 2.45) is 5.41 Å². The highest BCUT2D eigenvalue weighted by Crippen LogP contribution is 2.46. The first-order chi connectivity index (χ1) is 11.1. The summed E-state index contributed by atoms with van der Waals surface area (Å²) in [5, 5.41) is 9.71. The van der Waals surface area contributed by atoms with E-state index in [1.165, 1.54) is 5.57 Å². The molecule has 1 fully saturated rings. The Morgan fingerprint density at radius 2 is 2.04 bits per heavy atom. The molecule has 1 aliphatic heterocycles. The van der Waals surface area contributed by atoms with Crippen LogP contribution in [0.25, 0.3) is 0 Å². The second-order valence-corrected chi connectivity index (χ2v) is 6.22. The van der Waals surface area contributed by atoms with Crippen LogP contribution >= 0.6 is 0 Å². The average molecular weight is 320 g/mol. The summed E-state index contributed by atoms with van der Waals surface area (Å²) in [7, 11) is 1.64. The van der Waals surface area contributed by atoms with Gasteiger partial charge in [0.1, 0.15) is 12.2 Å². The van der Waals surface area contributed by atoms with E-state index in [1.54, 1.807) is 7.11 Å². The van der Waals surface area contributed by atoms with Gasteiger partial charge < -0.3 is 19.3 Å². The predicted molar refractivity (Wildman–Crippen MR) is 89.9 cm³/mol. The maximum absolute atomic E-state index is 9.71. The molecule has 2 rings (SSSR count). The molecule has 23 heavy (non-hydrogen) atoms. The van der Waals surface area contributed by atoms with Crippen LogP contribution in [0.1, 0.15) is 32.8 Å². The quantitative estimate of drug-likeness (QED) is 0.783. The third-order valence-electron chi connectivity index (χ3n) is 4.74. The summed E-state index contributed by atoms with van der Waals surface area (Å²) in [5.74, 6) is 0. The number of aliphatic hydroxyl groups is 1. The number of hydrogen-bond donors (Lipinski definition) is 1. The van der Waals surface area contributed by atoms with E-state index in [4.69, 9.17) is 14.2 Å². The molecular formula is C19H28O4. The van der Waals surface area contributed by atoms with Crippen LogP contribution in [0.5, 0.6) is 0 Å². The number of benzene rings is 1. The second kappa shape index (κ2) is 8.06. The van der Waals surface area contributed by atoms with Crippen molar-refractivity contribution in [3.05, 3.63) is 47.5 Å². The summed E-state index contributed by atoms with van der Waals surface area (Å²) in [6, 6.07) is 10.0. The summed E-state index contributed by atoms with van der Waals surface area (Å²) >= 11 is 0. The first-order valence-corrected chi connectivity index (χ1v) is 8.19. The van der Waals surface area contributed by atoms with Gasteiger partial charge in [0.05, 0.1) is 18.6 Å². The van der Waals surface area contributed by atoms with Gasteiger partial charge in [-0.15, -0.1) is 0 Å². The minimum atomic E-state index is -0.428. The van der Waals surface area contributed by atoms with Crippen molar-refractivity contribution >= 4 is 0 Å². The Bertz CT molecular complexity index is 513. The summed E-state index contributed by atoms with van der Waals surface area (Å²) in [4.78, 5) is 0. The fourth-order valence-electron chi connectivity index (χ4n) is 3.31. The van der Waals surface area contributed by atoms with Gasteiger partial charge in [0.25, 0.3) is 0 Å². The van der Waals surface area contributed by atoms with Crippen molar-refractivity contribution in [2.45, 2.75) is 52.3 Å². The van der Waals surface area contributed by atoms with Crippen LogP contribution in [0.15, 0.2) is 42.0 Å². The molecular weight excluding hydrogens is 292 g/mol. The van der Waals surface area contributed by atoms with Gasteiger partial charge in [-0.25, -0.2) is 0 Å². The van der Waals surface area contributed by atoms with Gasteiger partial charge in [0.15, 0.2) is 6.29 Å². The molecule has 1 aliphatic rings. The van der Waals surface area contributed by atoms with E-state index in [-0.39, 0.29) is 12.7 Å². The third kappa shape index (κ3) is 3.66. The zero-order chi connectivity index (χ0) is 16.9. The van der Waals surface area contributed by atoms with Crippen LogP contribution in [0.4, 0.5) is 0 Å². The maximum atomic E-state index is 9.71. The number of methoxy groups -OCH3 is 1. The Labute approximate surface area is 139 Å². The van der Waals surface area contributed by atoms with Gasteiger partial charge >= 0.3 is 0 Å². The second-order valence-electron chi connectivity index (χ2n) is 6.22. The van der Waals surface area contributed by atoms with Gasteiger partial charge in [-0.3, -0.25) is 0 Å². The van der Waals surface area contributed by atoms with E-state index < -0.39 is 17.8 Å². The van der Waals surface area contributed by atoms with E-state index in [0.29, 0.717) is 6.61 Å². The first-order valence-electron chi connectivity index (χ1n) is 8.19. The Hall–Kier alpha value is -1.20. The fraction of sp³-hybridized carbons (Fsp3) is 0.579. The van der Waals surface area contributed by atoms with Crippen LogP contribution in [0.2, 0.25) is 0 Å². The average Bonchev–Trinajstić information content (AvgIpc) is 2.86. The molecule has 4 nitrogen and oxygen atoms in total. The Morgan fingerprint density at radius 3 is 2.61 bits per heavy atom. The zero-order valence-electron chi connectivity index (χ0n) is 14.5. The van der Waals surface area contributed by atoms with Crippen molar-refractivity contribution in [2.75, 3.05) is 13.7 Å². The van der Waals surface area contributed by atoms with Crippen molar-refractivity contribution < 1.29 is 19.3 Å². The van der Waals surface area contributed by atoms with Crippen LogP contribution < -0.4 is 0 Å². The molecule has 0 unspecified atom stereocenters. The molecule has 4 heteroatoms. The number of ether oxygens (including phenoxy) is 3. The van der Waals surface area contributed by atoms with Crippen molar-refractivity contribution in [1.29, 1.82) is 0 Å². The molecule has 1 N–H and O–H groups in total. The van der Waals surface area contributed by atoms with Crippen LogP contribution in [-0.4, -0.2) is 37.3 Å². The predicted octanol–water partition coefficient (Wildman–Crippen LogP) is 3.30. The van der Waals surface area contributed by atoms with E-state index in [9.17, 15) is 5.11 Å². The molecule has 0 radical (unpaired) electrons. The number of hydrogen-bond acceptors (Lipinski definition) is 4. The molecule has 0 amide bonds. The highest BCUT2D eigenvalue weighted by Gasteiger charge is 2.55. The Balaban J connectivity index is 2.25. The van der Waals surface area contributed by atoms with Crippen LogP contribution in [0.3, 0.4) is 0 Å². The fourth-order valence-corrected chi connectivity index (χ4v) is 3.31. The van der Waals surface area contributed by atoms with Crippen LogP contribution in [-0.2, 0) is 20.8 Å². The smallest absolute Gasteiger partial charge is 0.169 e. The summed E-state index contributed by atoms with van der Waals surface area (Å²) in [6.45, 7) is 6.67. The highest BCUT2D eigenvalue weighted by molar-refractivity contribution is 5.20. The Morgan fingerprint density at radius 1 is 1.35 bits per heavy atom. The van der Waals surface area contributed by atoms with Gasteiger partial charge in [-0.05, 0) is 25.8 Å². The summed E-state index contributed by atoms with van der Waals surface area (Å²) < 4.78 is 17.7. The van der Waals surface area contributed by atoms with Gasteiger partial charge in [-0.1, -0.05) is 48.9 Å². The standard InChI is InChI=1S/C19H28O4/c1-5-9-14(2)19(3)17(16(12-20)23-18(19)21-4)22-13-15-10-7-6-8-11-15/h6-11,16-18,20H,5,12-13H2,1-4H3/b14-9+/t16-,17+,18+,19+/m1/s1. The number of rotatable bonds is 7.